The third-order valence-electron chi connectivity index (χ3n) is 10.9. The van der Waals surface area contributed by atoms with E-state index in [1.165, 1.54) is 0 Å². The van der Waals surface area contributed by atoms with Gasteiger partial charge in [0.25, 0.3) is 0 Å². The lowest BCUT2D eigenvalue weighted by Crippen LogP contribution is -2.56. The van der Waals surface area contributed by atoms with Gasteiger partial charge in [-0.3, -0.25) is 9.59 Å². The number of anilines is 1. The molecule has 4 aliphatic rings. The smallest absolute Gasteiger partial charge is 0.249 e. The van der Waals surface area contributed by atoms with Crippen LogP contribution in [0.3, 0.4) is 0 Å². The number of aliphatic hydroxyl groups excluding tert-OH is 1. The molecule has 12 heteroatoms. The van der Waals surface area contributed by atoms with Crippen molar-refractivity contribution in [3.63, 3.8) is 0 Å². The molecule has 8 rings (SSSR count). The molecule has 54 heavy (non-hydrogen) atoms. The highest BCUT2D eigenvalue weighted by Crippen LogP contribution is 2.55. The number of aliphatic imine (C=N–C) groups is 1. The van der Waals surface area contributed by atoms with Gasteiger partial charge in [-0.2, -0.15) is 0 Å². The van der Waals surface area contributed by atoms with Crippen molar-refractivity contribution in [3.05, 3.63) is 101 Å². The van der Waals surface area contributed by atoms with E-state index in [0.717, 1.165) is 44.8 Å². The van der Waals surface area contributed by atoms with Crippen molar-refractivity contribution in [2.75, 3.05) is 11.9 Å². The van der Waals surface area contributed by atoms with Crippen molar-refractivity contribution < 1.29 is 28.6 Å². The second kappa shape index (κ2) is 13.7. The number of carbonyl (C=O) groups is 2. The van der Waals surface area contributed by atoms with Gasteiger partial charge in [-0.25, -0.2) is 9.98 Å². The minimum absolute atomic E-state index is 0.147. The van der Waals surface area contributed by atoms with Crippen LogP contribution in [-0.2, 0) is 26.2 Å². The van der Waals surface area contributed by atoms with Crippen LogP contribution in [0.1, 0.15) is 81.4 Å². The Bertz CT molecular complexity index is 2210. The predicted molar refractivity (Wildman–Crippen MR) is 206 cm³/mol. The summed E-state index contributed by atoms with van der Waals surface area (Å²) >= 11 is 0. The van der Waals surface area contributed by atoms with Crippen molar-refractivity contribution in [2.45, 2.75) is 83.8 Å². The lowest BCUT2D eigenvalue weighted by atomic mass is 9.75. The van der Waals surface area contributed by atoms with Crippen molar-refractivity contribution in [1.29, 1.82) is 0 Å². The van der Waals surface area contributed by atoms with Gasteiger partial charge in [-0.05, 0) is 60.6 Å². The molecular formula is C42H46N6O6. The molecule has 2 amide bonds. The number of oxazole rings is 1. The van der Waals surface area contributed by atoms with Gasteiger partial charge in [0, 0.05) is 40.7 Å². The molecule has 2 aromatic carbocycles. The van der Waals surface area contributed by atoms with E-state index in [1.54, 1.807) is 20.0 Å². The van der Waals surface area contributed by atoms with Crippen molar-refractivity contribution >= 4 is 35.0 Å². The summed E-state index contributed by atoms with van der Waals surface area (Å²) in [5.74, 6) is 0.414. The summed E-state index contributed by atoms with van der Waals surface area (Å²) in [6.07, 6.45) is 8.06. The number of ether oxygens (including phenoxy) is 2. The fourth-order valence-electron chi connectivity index (χ4n) is 7.80. The van der Waals surface area contributed by atoms with Crippen molar-refractivity contribution in [3.8, 4) is 17.1 Å². The molecule has 12 nitrogen and oxygen atoms in total. The average molecular weight is 731 g/mol. The van der Waals surface area contributed by atoms with Crippen LogP contribution in [0.15, 0.2) is 76.4 Å². The highest BCUT2D eigenvalue weighted by atomic mass is 16.5. The topological polar surface area (TPSA) is 163 Å². The molecule has 5 N–H and O–H groups in total. The van der Waals surface area contributed by atoms with E-state index in [9.17, 15) is 14.7 Å². The SMILES string of the molecule is C/C1=C\C=C/c2cc(c[nH]2)-c2cnc(o2)C(C)N=C2OCC34c5cc(ccc5OC3Nc3c1cccc34)C[C@H](NC(=O)C(O)C(C)C)C(=O)NC2C(C)C. The molecule has 4 aliphatic heterocycles. The number of rotatable bonds is 4. The lowest BCUT2D eigenvalue weighted by Gasteiger charge is -2.33. The zero-order valence-corrected chi connectivity index (χ0v) is 31.3. The number of carbonyl (C=O) groups excluding carboxylic acids is 2. The number of nitrogens with zero attached hydrogens (tertiary/aromatic N) is 2. The molecule has 0 saturated carbocycles. The van der Waals surface area contributed by atoms with Gasteiger partial charge in [0.2, 0.25) is 23.6 Å². The Morgan fingerprint density at radius 1 is 1.09 bits per heavy atom. The Hall–Kier alpha value is -5.62. The largest absolute Gasteiger partial charge is 0.478 e. The molecule has 11 bridgehead atoms. The number of fused-ring (bicyclic) bond motifs is 8. The minimum Gasteiger partial charge on any atom is -0.478 e. The fraction of sp³-hybridized carbons (Fsp3) is 0.381. The summed E-state index contributed by atoms with van der Waals surface area (Å²) < 4.78 is 19.9. The van der Waals surface area contributed by atoms with Crippen LogP contribution in [0.2, 0.25) is 0 Å². The maximum Gasteiger partial charge on any atom is 0.249 e. The monoisotopic (exact) mass is 730 g/mol. The summed E-state index contributed by atoms with van der Waals surface area (Å²) in [7, 11) is 0. The Labute approximate surface area is 314 Å². The number of allylic oxidation sites excluding steroid dienone is 3. The minimum atomic E-state index is -1.28. The molecule has 2 aromatic heterocycles. The summed E-state index contributed by atoms with van der Waals surface area (Å²) in [5, 5.41) is 20.4. The molecule has 6 heterocycles. The van der Waals surface area contributed by atoms with E-state index < -0.39 is 47.7 Å². The van der Waals surface area contributed by atoms with Crippen LogP contribution in [0, 0.1) is 11.8 Å². The number of hydrogen-bond acceptors (Lipinski definition) is 9. The molecule has 6 atom stereocenters. The van der Waals surface area contributed by atoms with Gasteiger partial charge in [0.15, 0.2) is 12.0 Å². The van der Waals surface area contributed by atoms with Crippen LogP contribution < -0.4 is 20.7 Å². The maximum absolute atomic E-state index is 14.3. The van der Waals surface area contributed by atoms with Crippen molar-refractivity contribution in [1.82, 2.24) is 20.6 Å². The predicted octanol–water partition coefficient (Wildman–Crippen LogP) is 5.90. The van der Waals surface area contributed by atoms with Crippen LogP contribution >= 0.6 is 0 Å². The van der Waals surface area contributed by atoms with Gasteiger partial charge in [0.05, 0.1) is 6.20 Å². The van der Waals surface area contributed by atoms with Gasteiger partial charge >= 0.3 is 0 Å². The zero-order chi connectivity index (χ0) is 37.9. The van der Waals surface area contributed by atoms with Crippen LogP contribution in [-0.4, -0.2) is 63.8 Å². The summed E-state index contributed by atoms with van der Waals surface area (Å²) in [6.45, 7) is 11.6. The third-order valence-corrected chi connectivity index (χ3v) is 10.9. The van der Waals surface area contributed by atoms with Gasteiger partial charge in [-0.15, -0.1) is 0 Å². The van der Waals surface area contributed by atoms with E-state index in [0.29, 0.717) is 23.3 Å². The normalized spacial score (nSPS) is 26.4. The first kappa shape index (κ1) is 35.4. The molecule has 0 saturated heterocycles. The lowest BCUT2D eigenvalue weighted by molar-refractivity contribution is -0.135. The van der Waals surface area contributed by atoms with Crippen molar-refractivity contribution in [2.24, 2.45) is 16.8 Å². The summed E-state index contributed by atoms with van der Waals surface area (Å²) in [4.78, 5) is 40.5. The Kier molecular flexibility index (Phi) is 8.96. The van der Waals surface area contributed by atoms with Crippen LogP contribution in [0.4, 0.5) is 5.69 Å². The van der Waals surface area contributed by atoms with E-state index in [4.69, 9.17) is 18.9 Å². The number of aromatic nitrogens is 2. The van der Waals surface area contributed by atoms with Gasteiger partial charge in [-0.1, -0.05) is 70.2 Å². The standard InChI is InChI=1S/C42H46N6O6/c1-21(2)34-40-45-24(6)39-44-19-33(53-39)26-17-27(43-18-26)10-7-9-23(5)28-11-8-12-29-35(28)48-41-42(29,20-52-40)30-15-25(13-14-32(30)54-41)16-31(37(50)47-34)46-38(51)36(49)22(3)4/h7-15,17-19,21-22,24,31,34,36,41,43,48-49H,16,20H2,1-6H3,(H,46,51)(H,47,50)/b10-7-,23-9+,45-40?/t24?,31-,34?,36?,41?,42?/m0/s1. The summed E-state index contributed by atoms with van der Waals surface area (Å²) in [6, 6.07) is 11.9. The second-order valence-electron chi connectivity index (χ2n) is 15.4. The quantitative estimate of drug-likeness (QED) is 0.173. The molecule has 1 spiro atoms. The number of hydrogen-bond donors (Lipinski definition) is 5. The van der Waals surface area contributed by atoms with Crippen LogP contribution in [0.25, 0.3) is 23.0 Å². The highest BCUT2D eigenvalue weighted by molar-refractivity contribution is 5.93. The van der Waals surface area contributed by atoms with Gasteiger partial charge in [0.1, 0.15) is 42.0 Å². The first-order valence-electron chi connectivity index (χ1n) is 18.6. The number of aromatic amines is 1. The second-order valence-corrected chi connectivity index (χ2v) is 15.4. The number of benzene rings is 2. The van der Waals surface area contributed by atoms with E-state index in [2.05, 4.69) is 57.1 Å². The Morgan fingerprint density at radius 3 is 2.72 bits per heavy atom. The number of nitrogens with one attached hydrogen (secondary N) is 4. The Balaban J connectivity index is 1.33. The third kappa shape index (κ3) is 6.08. The molecule has 4 aromatic rings. The molecule has 5 unspecified atom stereocenters. The maximum atomic E-state index is 14.3. The number of H-pyrrole nitrogens is 1. The first-order valence-corrected chi connectivity index (χ1v) is 18.6. The highest BCUT2D eigenvalue weighted by Gasteiger charge is 2.57. The molecule has 0 radical (unpaired) electrons. The zero-order valence-electron chi connectivity index (χ0n) is 31.3. The van der Waals surface area contributed by atoms with Crippen LogP contribution in [0.5, 0.6) is 5.75 Å². The number of para-hydroxylation sites is 1. The average Bonchev–Trinajstić information content (AvgIpc) is 3.93. The number of amides is 2. The molecular weight excluding hydrogens is 684 g/mol. The molecule has 0 fully saturated rings. The molecule has 280 valence electrons. The number of aliphatic hydroxyl groups is 1. The molecule has 0 aliphatic carbocycles. The van der Waals surface area contributed by atoms with Gasteiger partial charge < -0.3 is 39.9 Å². The first-order chi connectivity index (χ1) is 25.9. The van der Waals surface area contributed by atoms with E-state index >= 15 is 0 Å². The fourth-order valence-corrected chi connectivity index (χ4v) is 7.80. The van der Waals surface area contributed by atoms with E-state index in [1.807, 2.05) is 63.4 Å². The Morgan fingerprint density at radius 2 is 1.93 bits per heavy atom. The summed E-state index contributed by atoms with van der Waals surface area (Å²) in [5.41, 5.74) is 6.73. The van der Waals surface area contributed by atoms with E-state index in [-0.39, 0.29) is 24.9 Å².